The zero-order valence-corrected chi connectivity index (χ0v) is 27.1. The molecule has 4 aliphatic rings. The predicted octanol–water partition coefficient (Wildman–Crippen LogP) is 5.46. The van der Waals surface area contributed by atoms with E-state index in [0.717, 1.165) is 18.8 Å². The Morgan fingerprint density at radius 2 is 1.58 bits per heavy atom. The standard InChI is InChI=1S/C35H41FN4O4Si/c1-24-31(45(2,3)36)30(16-21-41)44-35(24)28-22-27(14-15-29(28)40(33(35)43)26-12-8-5-9-13-26)38-23-39(25-10-6-4-7-11-25)34(32(38)42)17-19-37-20-18-34/h4-15,22,24,30-31,37,41H,16-21,23H2,1-3H3/t24-,30+,31-,35+/m1/s1. The number of hydrogen-bond acceptors (Lipinski definition) is 6. The van der Waals surface area contributed by atoms with Crippen molar-refractivity contribution in [1.82, 2.24) is 5.32 Å². The van der Waals surface area contributed by atoms with Gasteiger partial charge in [-0.1, -0.05) is 43.3 Å². The first-order valence-electron chi connectivity index (χ1n) is 16.0. The van der Waals surface area contributed by atoms with Crippen molar-refractivity contribution >= 4 is 43.0 Å². The van der Waals surface area contributed by atoms with Gasteiger partial charge in [0.1, 0.15) is 5.54 Å². The second-order valence-corrected chi connectivity index (χ2v) is 17.2. The molecule has 4 aliphatic heterocycles. The van der Waals surface area contributed by atoms with Crippen LogP contribution in [-0.2, 0) is 19.9 Å². The zero-order chi connectivity index (χ0) is 31.6. The smallest absolute Gasteiger partial charge is 0.268 e. The predicted molar refractivity (Wildman–Crippen MR) is 176 cm³/mol. The maximum absolute atomic E-state index is 16.0. The first kappa shape index (κ1) is 30.1. The number of carbonyl (C=O) groups excluding carboxylic acids is 2. The lowest BCUT2D eigenvalue weighted by Crippen LogP contribution is -2.55. The number of nitrogens with zero attached hydrogens (tertiary/aromatic N) is 3. The number of benzene rings is 3. The molecule has 2 N–H and O–H groups in total. The van der Waals surface area contributed by atoms with Crippen LogP contribution in [0, 0.1) is 5.92 Å². The van der Waals surface area contributed by atoms with E-state index in [2.05, 4.69) is 10.2 Å². The van der Waals surface area contributed by atoms with Crippen molar-refractivity contribution in [3.8, 4) is 0 Å². The molecule has 3 aromatic rings. The van der Waals surface area contributed by atoms with E-state index in [-0.39, 0.29) is 24.8 Å². The number of aliphatic hydroxyl groups excluding tert-OH is 1. The van der Waals surface area contributed by atoms with E-state index >= 15 is 4.11 Å². The molecule has 2 amide bonds. The van der Waals surface area contributed by atoms with Crippen molar-refractivity contribution in [3.05, 3.63) is 84.4 Å². The highest BCUT2D eigenvalue weighted by Gasteiger charge is 2.67. The molecule has 8 nitrogen and oxygen atoms in total. The van der Waals surface area contributed by atoms with Crippen LogP contribution in [0.2, 0.25) is 18.6 Å². The van der Waals surface area contributed by atoms with Gasteiger partial charge in [-0.3, -0.25) is 19.4 Å². The molecule has 0 unspecified atom stereocenters. The first-order chi connectivity index (χ1) is 21.6. The molecule has 0 aromatic heterocycles. The second-order valence-electron chi connectivity index (χ2n) is 13.4. The molecule has 2 spiro atoms. The third-order valence-corrected chi connectivity index (χ3v) is 13.0. The van der Waals surface area contributed by atoms with E-state index < -0.39 is 37.1 Å². The average Bonchev–Trinajstić information content (AvgIpc) is 3.59. The Hall–Kier alpha value is -3.57. The van der Waals surface area contributed by atoms with E-state index in [0.29, 0.717) is 42.1 Å². The van der Waals surface area contributed by atoms with Crippen LogP contribution in [0.3, 0.4) is 0 Å². The first-order valence-corrected chi connectivity index (χ1v) is 19.0. The number of anilines is 4. The summed E-state index contributed by atoms with van der Waals surface area (Å²) in [5.74, 6) is -0.702. The summed E-state index contributed by atoms with van der Waals surface area (Å²) in [7, 11) is -3.34. The molecule has 0 aliphatic carbocycles. The topological polar surface area (TPSA) is 85.3 Å². The van der Waals surface area contributed by atoms with Crippen LogP contribution in [0.25, 0.3) is 0 Å². The number of amides is 2. The molecular formula is C35H41FN4O4Si. The molecule has 0 saturated carbocycles. The molecule has 236 valence electrons. The summed E-state index contributed by atoms with van der Waals surface area (Å²) in [4.78, 5) is 35.0. The highest BCUT2D eigenvalue weighted by molar-refractivity contribution is 6.72. The summed E-state index contributed by atoms with van der Waals surface area (Å²) in [6, 6.07) is 25.2. The van der Waals surface area contributed by atoms with Gasteiger partial charge in [0.15, 0.2) is 5.60 Å². The van der Waals surface area contributed by atoms with Crippen LogP contribution in [0.15, 0.2) is 78.9 Å². The SMILES string of the molecule is C[C@@H]1[C@@H]([Si](C)(C)F)[C@H](CCO)O[C@@]12C(=O)N(c1ccccc1)c1ccc(N3CN(c4ccccc4)C4(CCNCC4)C3=O)cc12. The number of ether oxygens (including phenoxy) is 1. The maximum atomic E-state index is 16.0. The largest absolute Gasteiger partial charge is 0.396 e. The monoisotopic (exact) mass is 628 g/mol. The number of para-hydroxylation sites is 2. The van der Waals surface area contributed by atoms with Crippen LogP contribution < -0.4 is 20.0 Å². The van der Waals surface area contributed by atoms with E-state index in [1.807, 2.05) is 90.7 Å². The third kappa shape index (κ3) is 4.48. The average molecular weight is 629 g/mol. The Balaban J connectivity index is 1.37. The van der Waals surface area contributed by atoms with Crippen molar-refractivity contribution in [2.24, 2.45) is 5.92 Å². The summed E-state index contributed by atoms with van der Waals surface area (Å²) in [6.45, 7) is 6.95. The minimum atomic E-state index is -3.34. The molecule has 7 rings (SSSR count). The van der Waals surface area contributed by atoms with Gasteiger partial charge in [0.25, 0.3) is 11.8 Å². The molecule has 3 fully saturated rings. The number of hydrogen-bond donors (Lipinski definition) is 2. The van der Waals surface area contributed by atoms with Gasteiger partial charge in [0, 0.05) is 40.7 Å². The van der Waals surface area contributed by atoms with E-state index in [4.69, 9.17) is 4.74 Å². The van der Waals surface area contributed by atoms with Crippen LogP contribution in [0.5, 0.6) is 0 Å². The summed E-state index contributed by atoms with van der Waals surface area (Å²) in [5, 5.41) is 13.3. The number of carbonyl (C=O) groups is 2. The van der Waals surface area contributed by atoms with Crippen LogP contribution in [0.4, 0.5) is 26.9 Å². The molecule has 45 heavy (non-hydrogen) atoms. The Morgan fingerprint density at radius 1 is 0.933 bits per heavy atom. The molecule has 0 radical (unpaired) electrons. The van der Waals surface area contributed by atoms with Gasteiger partial charge in [-0.2, -0.15) is 0 Å². The molecule has 10 heteroatoms. The van der Waals surface area contributed by atoms with Crippen molar-refractivity contribution in [2.75, 3.05) is 41.1 Å². The fourth-order valence-corrected chi connectivity index (χ4v) is 11.1. The van der Waals surface area contributed by atoms with Crippen molar-refractivity contribution in [1.29, 1.82) is 0 Å². The number of nitrogens with one attached hydrogen (secondary N) is 1. The number of fused-ring (bicyclic) bond motifs is 2. The Bertz CT molecular complexity index is 1600. The fourth-order valence-electron chi connectivity index (χ4n) is 8.53. The molecule has 3 saturated heterocycles. The van der Waals surface area contributed by atoms with E-state index in [1.54, 1.807) is 18.0 Å². The Morgan fingerprint density at radius 3 is 2.20 bits per heavy atom. The van der Waals surface area contributed by atoms with Crippen LogP contribution >= 0.6 is 0 Å². The van der Waals surface area contributed by atoms with Gasteiger partial charge in [-0.15, -0.1) is 0 Å². The normalized spacial score (nSPS) is 27.7. The van der Waals surface area contributed by atoms with Crippen LogP contribution in [0.1, 0.15) is 31.7 Å². The van der Waals surface area contributed by atoms with Gasteiger partial charge in [0.05, 0.1) is 18.5 Å². The Labute approximate surface area is 265 Å². The summed E-state index contributed by atoms with van der Waals surface area (Å²) in [5.41, 5.74) is 1.08. The molecule has 4 atom stereocenters. The summed E-state index contributed by atoms with van der Waals surface area (Å²) in [6.07, 6.45) is 1.02. The lowest BCUT2D eigenvalue weighted by Gasteiger charge is -2.39. The molecule has 0 bridgehead atoms. The summed E-state index contributed by atoms with van der Waals surface area (Å²) < 4.78 is 22.8. The highest BCUT2D eigenvalue weighted by Crippen LogP contribution is 2.61. The maximum Gasteiger partial charge on any atom is 0.268 e. The zero-order valence-electron chi connectivity index (χ0n) is 26.1. The number of rotatable bonds is 6. The molecule has 3 aromatic carbocycles. The van der Waals surface area contributed by atoms with Gasteiger partial charge in [-0.05, 0) is 87.9 Å². The van der Waals surface area contributed by atoms with Gasteiger partial charge >= 0.3 is 0 Å². The molecule has 4 heterocycles. The highest BCUT2D eigenvalue weighted by atomic mass is 28.4. The third-order valence-electron chi connectivity index (χ3n) is 10.5. The second kappa shape index (κ2) is 11.0. The van der Waals surface area contributed by atoms with E-state index in [1.165, 1.54) is 0 Å². The molecular weight excluding hydrogens is 587 g/mol. The minimum absolute atomic E-state index is 0.0415. The van der Waals surface area contributed by atoms with E-state index in [9.17, 15) is 14.7 Å². The lowest BCUT2D eigenvalue weighted by atomic mass is 9.82. The number of aliphatic hydroxyl groups is 1. The fraction of sp³-hybridized carbons (Fsp3) is 0.429. The van der Waals surface area contributed by atoms with Crippen LogP contribution in [-0.4, -0.2) is 63.3 Å². The van der Waals surface area contributed by atoms with Gasteiger partial charge in [0.2, 0.25) is 8.41 Å². The minimum Gasteiger partial charge on any atom is -0.396 e. The van der Waals surface area contributed by atoms with Gasteiger partial charge in [-0.25, -0.2) is 0 Å². The lowest BCUT2D eigenvalue weighted by molar-refractivity contribution is -0.145. The quantitative estimate of drug-likeness (QED) is 0.279. The van der Waals surface area contributed by atoms with Gasteiger partial charge < -0.3 is 24.2 Å². The van der Waals surface area contributed by atoms with Crippen molar-refractivity contribution in [3.63, 3.8) is 0 Å². The number of halogens is 1. The summed E-state index contributed by atoms with van der Waals surface area (Å²) >= 11 is 0. The van der Waals surface area contributed by atoms with Crippen molar-refractivity contribution in [2.45, 2.75) is 62.1 Å². The van der Waals surface area contributed by atoms with Crippen molar-refractivity contribution < 1.29 is 23.5 Å². The Kier molecular flexibility index (Phi) is 7.39. The number of piperidine rings is 1.